The molecule has 7 heteroatoms. The van der Waals surface area contributed by atoms with Crippen LogP contribution < -0.4 is 25.2 Å². The number of para-hydroxylation sites is 1. The zero-order chi connectivity index (χ0) is 26.1. The Labute approximate surface area is 224 Å². The molecule has 0 saturated carbocycles. The molecule has 4 aromatic rings. The van der Waals surface area contributed by atoms with Gasteiger partial charge in [-0.2, -0.15) is 0 Å². The number of pyridine rings is 1. The maximum Gasteiger partial charge on any atom is 0.202 e. The number of anilines is 4. The summed E-state index contributed by atoms with van der Waals surface area (Å²) in [4.78, 5) is 9.84. The minimum absolute atomic E-state index is 0.340. The number of rotatable bonds is 7. The van der Waals surface area contributed by atoms with E-state index in [1.165, 1.54) is 22.5 Å². The van der Waals surface area contributed by atoms with Crippen molar-refractivity contribution in [3.63, 3.8) is 0 Å². The van der Waals surface area contributed by atoms with Crippen LogP contribution in [0.1, 0.15) is 30.5 Å². The third kappa shape index (κ3) is 4.27. The van der Waals surface area contributed by atoms with Gasteiger partial charge in [-0.15, -0.1) is 0 Å². The predicted octanol–water partition coefficient (Wildman–Crippen LogP) is 5.45. The fraction of sp³-hybridized carbons (Fsp3) is 0.323. The van der Waals surface area contributed by atoms with Crippen LogP contribution in [0.25, 0.3) is 5.52 Å². The number of nitrogens with one attached hydrogen (secondary N) is 2. The average molecular weight is 509 g/mol. The molecule has 0 radical (unpaired) electrons. The molecule has 1 saturated heterocycles. The number of fused-ring (bicyclic) bond motifs is 3. The lowest BCUT2D eigenvalue weighted by Crippen LogP contribution is -2.43. The molecule has 7 nitrogen and oxygen atoms in total. The van der Waals surface area contributed by atoms with E-state index in [0.717, 1.165) is 67.4 Å². The lowest BCUT2D eigenvalue weighted by atomic mass is 10.0. The number of aliphatic imine (C=N–C) groups is 1. The summed E-state index contributed by atoms with van der Waals surface area (Å²) in [5.41, 5.74) is 8.21. The molecule has 196 valence electrons. The Hall–Kier alpha value is -3.97. The number of hydrogen-bond acceptors (Lipinski definition) is 6. The molecule has 1 fully saturated rings. The molecule has 6 rings (SSSR count). The van der Waals surface area contributed by atoms with Crippen molar-refractivity contribution in [2.24, 2.45) is 4.99 Å². The summed E-state index contributed by atoms with van der Waals surface area (Å²) < 4.78 is 8.17. The van der Waals surface area contributed by atoms with Crippen LogP contribution in [0, 0.1) is 0 Å². The smallest absolute Gasteiger partial charge is 0.202 e. The van der Waals surface area contributed by atoms with Crippen LogP contribution in [0.15, 0.2) is 71.9 Å². The quantitative estimate of drug-likeness (QED) is 0.348. The van der Waals surface area contributed by atoms with Gasteiger partial charge in [0.05, 0.1) is 18.5 Å². The van der Waals surface area contributed by atoms with Crippen molar-refractivity contribution in [1.29, 1.82) is 0 Å². The summed E-state index contributed by atoms with van der Waals surface area (Å²) in [6, 6.07) is 21.7. The normalized spacial score (nSPS) is 17.1. The van der Waals surface area contributed by atoms with E-state index < -0.39 is 0 Å². The second-order valence-electron chi connectivity index (χ2n) is 9.84. The summed E-state index contributed by atoms with van der Waals surface area (Å²) in [5.74, 6) is 1.94. The standard InChI is InChI=1S/C31H36N6O/c1-4-22-8-6-9-23(5-2)29(22)37-30-24(11-12-25-10-7-17-36(25)30)21-33-31(37)34-27-14-13-26(20-28(27)38-3)35-18-15-32-16-19-35/h6-14,17,20-21,31-32,34H,4-5,15-16,18-19H2,1-3H3. The number of hydrogen-bond donors (Lipinski definition) is 2. The van der Waals surface area contributed by atoms with Crippen LogP contribution in [-0.2, 0) is 12.8 Å². The zero-order valence-electron chi connectivity index (χ0n) is 22.4. The Morgan fingerprint density at radius 3 is 2.50 bits per heavy atom. The maximum atomic E-state index is 5.90. The average Bonchev–Trinajstić information content (AvgIpc) is 3.46. The minimum Gasteiger partial charge on any atom is -0.495 e. The molecule has 38 heavy (non-hydrogen) atoms. The number of piperazine rings is 1. The van der Waals surface area contributed by atoms with E-state index in [4.69, 9.17) is 9.73 Å². The van der Waals surface area contributed by atoms with E-state index in [2.05, 4.69) is 106 Å². The number of methoxy groups -OCH3 is 1. The Morgan fingerprint density at radius 2 is 1.76 bits per heavy atom. The third-order valence-electron chi connectivity index (χ3n) is 7.69. The van der Waals surface area contributed by atoms with Gasteiger partial charge in [0, 0.05) is 61.4 Å². The molecule has 1 unspecified atom stereocenters. The van der Waals surface area contributed by atoms with Crippen LogP contribution in [-0.4, -0.2) is 50.2 Å². The summed E-state index contributed by atoms with van der Waals surface area (Å²) in [6.07, 6.45) is 5.67. The summed E-state index contributed by atoms with van der Waals surface area (Å²) in [7, 11) is 1.74. The molecule has 2 aliphatic heterocycles. The first kappa shape index (κ1) is 24.4. The van der Waals surface area contributed by atoms with Crippen molar-refractivity contribution < 1.29 is 4.74 Å². The molecule has 2 N–H and O–H groups in total. The van der Waals surface area contributed by atoms with Gasteiger partial charge in [0.15, 0.2) is 0 Å². The molecule has 2 aliphatic rings. The maximum absolute atomic E-state index is 5.90. The van der Waals surface area contributed by atoms with Gasteiger partial charge in [0.1, 0.15) is 11.6 Å². The number of benzene rings is 2. The number of nitrogens with zero attached hydrogens (tertiary/aromatic N) is 4. The van der Waals surface area contributed by atoms with Crippen molar-refractivity contribution >= 4 is 34.6 Å². The Kier molecular flexibility index (Phi) is 6.68. The monoisotopic (exact) mass is 508 g/mol. The molecule has 0 amide bonds. The molecule has 1 atom stereocenters. The van der Waals surface area contributed by atoms with Gasteiger partial charge in [-0.3, -0.25) is 4.90 Å². The number of aromatic nitrogens is 1. The van der Waals surface area contributed by atoms with Crippen molar-refractivity contribution in [2.75, 3.05) is 48.4 Å². The van der Waals surface area contributed by atoms with E-state index >= 15 is 0 Å². The topological polar surface area (TPSA) is 56.5 Å². The van der Waals surface area contributed by atoms with Gasteiger partial charge in [-0.25, -0.2) is 4.99 Å². The highest BCUT2D eigenvalue weighted by Crippen LogP contribution is 2.40. The van der Waals surface area contributed by atoms with Gasteiger partial charge in [-0.05, 0) is 60.4 Å². The fourth-order valence-electron chi connectivity index (χ4n) is 5.71. The van der Waals surface area contributed by atoms with Crippen molar-refractivity contribution in [3.8, 4) is 5.75 Å². The van der Waals surface area contributed by atoms with Crippen molar-refractivity contribution in [2.45, 2.75) is 33.0 Å². The molecule has 2 aromatic heterocycles. The Balaban J connectivity index is 1.46. The van der Waals surface area contributed by atoms with Gasteiger partial charge < -0.3 is 24.7 Å². The third-order valence-corrected chi connectivity index (χ3v) is 7.69. The van der Waals surface area contributed by atoms with E-state index in [9.17, 15) is 0 Å². The first-order valence-corrected chi connectivity index (χ1v) is 13.6. The zero-order valence-corrected chi connectivity index (χ0v) is 22.4. The van der Waals surface area contributed by atoms with Gasteiger partial charge >= 0.3 is 0 Å². The van der Waals surface area contributed by atoms with E-state index in [1.54, 1.807) is 7.11 Å². The van der Waals surface area contributed by atoms with E-state index in [-0.39, 0.29) is 6.29 Å². The first-order chi connectivity index (χ1) is 18.7. The van der Waals surface area contributed by atoms with Gasteiger partial charge in [0.2, 0.25) is 6.29 Å². The number of aryl methyl sites for hydroxylation is 2. The second kappa shape index (κ2) is 10.4. The van der Waals surface area contributed by atoms with Crippen molar-refractivity contribution in [3.05, 3.63) is 83.6 Å². The SMILES string of the molecule is CCc1cccc(CC)c1N1c2c(ccc3cccn23)C=NC1Nc1ccc(N2CCNCC2)cc1OC. The number of ether oxygens (including phenoxy) is 1. The Bertz CT molecular complexity index is 1450. The van der Waals surface area contributed by atoms with E-state index in [0.29, 0.717) is 0 Å². The van der Waals surface area contributed by atoms with E-state index in [1.807, 2.05) is 6.21 Å². The van der Waals surface area contributed by atoms with Crippen molar-refractivity contribution in [1.82, 2.24) is 9.72 Å². The molecular formula is C31H36N6O. The van der Waals surface area contributed by atoms with Gasteiger partial charge in [-0.1, -0.05) is 32.0 Å². The van der Waals surface area contributed by atoms with Crippen LogP contribution in [0.2, 0.25) is 0 Å². The highest BCUT2D eigenvalue weighted by Gasteiger charge is 2.31. The minimum atomic E-state index is -0.340. The van der Waals surface area contributed by atoms with Crippen LogP contribution in [0.4, 0.5) is 22.9 Å². The summed E-state index contributed by atoms with van der Waals surface area (Å²) in [5, 5.41) is 7.17. The summed E-state index contributed by atoms with van der Waals surface area (Å²) in [6.45, 7) is 8.43. The molecular weight excluding hydrogens is 472 g/mol. The highest BCUT2D eigenvalue weighted by atomic mass is 16.5. The second-order valence-corrected chi connectivity index (χ2v) is 9.84. The highest BCUT2D eigenvalue weighted by molar-refractivity contribution is 5.93. The lowest BCUT2D eigenvalue weighted by molar-refractivity contribution is 0.415. The Morgan fingerprint density at radius 1 is 0.974 bits per heavy atom. The predicted molar refractivity (Wildman–Crippen MR) is 158 cm³/mol. The molecule has 2 aromatic carbocycles. The molecule has 0 spiro atoms. The molecule has 0 aliphatic carbocycles. The van der Waals surface area contributed by atoms with Gasteiger partial charge in [0.25, 0.3) is 0 Å². The van der Waals surface area contributed by atoms with Crippen LogP contribution >= 0.6 is 0 Å². The van der Waals surface area contributed by atoms with Crippen LogP contribution in [0.5, 0.6) is 5.75 Å². The largest absolute Gasteiger partial charge is 0.495 e. The summed E-state index contributed by atoms with van der Waals surface area (Å²) >= 11 is 0. The lowest BCUT2D eigenvalue weighted by Gasteiger charge is -2.38. The first-order valence-electron chi connectivity index (χ1n) is 13.6. The molecule has 4 heterocycles. The molecule has 0 bridgehead atoms. The fourth-order valence-corrected chi connectivity index (χ4v) is 5.71. The van der Waals surface area contributed by atoms with Crippen LogP contribution in [0.3, 0.4) is 0 Å².